The molecule has 192 valence electrons. The first-order valence-electron chi connectivity index (χ1n) is 12.8. The molecule has 0 amide bonds. The first kappa shape index (κ1) is 29.3. The fourth-order valence-corrected chi connectivity index (χ4v) is 6.78. The molecule has 1 aliphatic heterocycles. The molecule has 4 nitrogen and oxygen atoms in total. The molecule has 3 unspecified atom stereocenters. The van der Waals surface area contributed by atoms with E-state index in [-0.39, 0.29) is 16.7 Å². The van der Waals surface area contributed by atoms with Crippen molar-refractivity contribution in [1.82, 2.24) is 4.90 Å². The fraction of sp³-hybridized carbons (Fsp3) is 0.714. The third kappa shape index (κ3) is 6.63. The van der Waals surface area contributed by atoms with Crippen LogP contribution in [0.15, 0.2) is 30.3 Å². The van der Waals surface area contributed by atoms with E-state index in [1.807, 2.05) is 6.92 Å². The summed E-state index contributed by atoms with van der Waals surface area (Å²) in [6.07, 6.45) is 0.102. The number of rotatable bonds is 7. The van der Waals surface area contributed by atoms with Crippen LogP contribution >= 0.6 is 0 Å². The maximum Gasteiger partial charge on any atom is 0.173 e. The summed E-state index contributed by atoms with van der Waals surface area (Å²) >= 11 is 0. The Morgan fingerprint density at radius 1 is 1.15 bits per heavy atom. The Bertz CT molecular complexity index is 852. The SMILES string of the molecule is CC(C(O)C#CC(C)(O[SiH3])C(C)(C)C)[C@@]1(O[SiH](C)C)C[C@H](C(C)(C)C)CN1Cc1ccccc1. The lowest BCUT2D eigenvalue weighted by Crippen LogP contribution is -2.55. The van der Waals surface area contributed by atoms with Gasteiger partial charge in [-0.1, -0.05) is 90.6 Å². The number of likely N-dealkylation sites (tertiary alicyclic amines) is 1. The summed E-state index contributed by atoms with van der Waals surface area (Å²) in [7, 11) is -0.826. The number of hydrogen-bond acceptors (Lipinski definition) is 4. The van der Waals surface area contributed by atoms with Gasteiger partial charge in [-0.05, 0) is 43.3 Å². The second-order valence-electron chi connectivity index (χ2n) is 12.6. The largest absolute Gasteiger partial charge is 0.412 e. The van der Waals surface area contributed by atoms with Crippen LogP contribution in [0.2, 0.25) is 13.1 Å². The van der Waals surface area contributed by atoms with Crippen LogP contribution in [0.1, 0.15) is 67.4 Å². The highest BCUT2D eigenvalue weighted by Gasteiger charge is 2.54. The molecule has 0 radical (unpaired) electrons. The number of aliphatic hydroxyl groups is 1. The van der Waals surface area contributed by atoms with E-state index in [4.69, 9.17) is 8.85 Å². The molecule has 0 aromatic heterocycles. The summed E-state index contributed by atoms with van der Waals surface area (Å²) in [6.45, 7) is 23.7. The maximum absolute atomic E-state index is 11.4. The predicted octanol–water partition coefficient (Wildman–Crippen LogP) is 4.35. The van der Waals surface area contributed by atoms with Gasteiger partial charge in [0.1, 0.15) is 27.9 Å². The number of nitrogens with zero attached hydrogens (tertiary/aromatic N) is 1. The summed E-state index contributed by atoms with van der Waals surface area (Å²) in [5.41, 5.74) is 0.151. The van der Waals surface area contributed by atoms with Gasteiger partial charge in [0.2, 0.25) is 0 Å². The van der Waals surface area contributed by atoms with Crippen LogP contribution in [0.4, 0.5) is 0 Å². The van der Waals surface area contributed by atoms with Crippen molar-refractivity contribution in [1.29, 1.82) is 0 Å². The Balaban J connectivity index is 2.50. The van der Waals surface area contributed by atoms with Crippen LogP contribution in [-0.4, -0.2) is 53.5 Å². The molecule has 0 spiro atoms. The molecule has 0 aliphatic carbocycles. The van der Waals surface area contributed by atoms with Crippen molar-refractivity contribution in [3.63, 3.8) is 0 Å². The second kappa shape index (κ2) is 11.0. The van der Waals surface area contributed by atoms with Gasteiger partial charge in [0.25, 0.3) is 0 Å². The molecule has 0 saturated carbocycles. The van der Waals surface area contributed by atoms with Crippen LogP contribution < -0.4 is 0 Å². The average Bonchev–Trinajstić information content (AvgIpc) is 3.09. The van der Waals surface area contributed by atoms with Crippen LogP contribution in [0.25, 0.3) is 0 Å². The van der Waals surface area contributed by atoms with Crippen LogP contribution in [0.3, 0.4) is 0 Å². The van der Waals surface area contributed by atoms with Gasteiger partial charge < -0.3 is 14.0 Å². The molecule has 0 bridgehead atoms. The first-order chi connectivity index (χ1) is 15.6. The smallest absolute Gasteiger partial charge is 0.173 e. The van der Waals surface area contributed by atoms with Crippen LogP contribution in [0.5, 0.6) is 0 Å². The Morgan fingerprint density at radius 3 is 2.21 bits per heavy atom. The van der Waals surface area contributed by atoms with E-state index < -0.39 is 26.5 Å². The highest BCUT2D eigenvalue weighted by atomic mass is 28.3. The molecule has 1 aromatic rings. The first-order valence-corrected chi connectivity index (χ1v) is 16.4. The molecule has 34 heavy (non-hydrogen) atoms. The van der Waals surface area contributed by atoms with Crippen molar-refractivity contribution in [2.75, 3.05) is 6.54 Å². The molecule has 1 fully saturated rings. The van der Waals surface area contributed by atoms with Crippen molar-refractivity contribution in [3.8, 4) is 11.8 Å². The van der Waals surface area contributed by atoms with Gasteiger partial charge in [0.15, 0.2) is 9.04 Å². The lowest BCUT2D eigenvalue weighted by atomic mass is 9.76. The molecule has 1 saturated heterocycles. The molecule has 2 rings (SSSR count). The molecule has 1 N–H and O–H groups in total. The zero-order valence-electron chi connectivity index (χ0n) is 23.5. The predicted molar refractivity (Wildman–Crippen MR) is 149 cm³/mol. The Labute approximate surface area is 214 Å². The van der Waals surface area contributed by atoms with Gasteiger partial charge in [-0.3, -0.25) is 4.90 Å². The van der Waals surface area contributed by atoms with Gasteiger partial charge in [0, 0.05) is 24.4 Å². The quantitative estimate of drug-likeness (QED) is 0.444. The topological polar surface area (TPSA) is 41.9 Å². The van der Waals surface area contributed by atoms with E-state index in [9.17, 15) is 5.11 Å². The third-order valence-electron chi connectivity index (χ3n) is 7.88. The minimum absolute atomic E-state index is 0.145. The van der Waals surface area contributed by atoms with E-state index in [0.717, 1.165) is 19.5 Å². The average molecular weight is 504 g/mol. The molecule has 1 aliphatic rings. The highest BCUT2D eigenvalue weighted by Crippen LogP contribution is 2.48. The molecule has 5 atom stereocenters. The van der Waals surface area contributed by atoms with Crippen molar-refractivity contribution >= 4 is 19.5 Å². The number of benzene rings is 1. The van der Waals surface area contributed by atoms with Crippen LogP contribution in [-0.2, 0) is 15.4 Å². The Kier molecular flexibility index (Phi) is 9.46. The van der Waals surface area contributed by atoms with E-state index in [1.165, 1.54) is 5.56 Å². The van der Waals surface area contributed by atoms with Crippen LogP contribution in [0, 0.1) is 34.5 Å². The zero-order valence-corrected chi connectivity index (χ0v) is 26.7. The molecule has 1 aromatic carbocycles. The Morgan fingerprint density at radius 2 is 1.74 bits per heavy atom. The normalized spacial score (nSPS) is 25.6. The zero-order chi connectivity index (χ0) is 25.9. The van der Waals surface area contributed by atoms with Gasteiger partial charge in [-0.2, -0.15) is 0 Å². The number of aliphatic hydroxyl groups excluding tert-OH is 1. The summed E-state index contributed by atoms with van der Waals surface area (Å²) < 4.78 is 12.9. The van der Waals surface area contributed by atoms with E-state index >= 15 is 0 Å². The monoisotopic (exact) mass is 503 g/mol. The van der Waals surface area contributed by atoms with Crippen molar-refractivity contribution in [3.05, 3.63) is 35.9 Å². The molecular weight excluding hydrogens is 454 g/mol. The van der Waals surface area contributed by atoms with E-state index in [2.05, 4.69) is 109 Å². The highest BCUT2D eigenvalue weighted by molar-refractivity contribution is 6.48. The summed E-state index contributed by atoms with van der Waals surface area (Å²) in [4.78, 5) is 2.49. The van der Waals surface area contributed by atoms with E-state index in [1.54, 1.807) is 0 Å². The molecular formula is C28H49NO3Si2. The lowest BCUT2D eigenvalue weighted by Gasteiger charge is -2.45. The van der Waals surface area contributed by atoms with Gasteiger partial charge in [0.05, 0.1) is 0 Å². The van der Waals surface area contributed by atoms with Crippen molar-refractivity contribution in [2.24, 2.45) is 22.7 Å². The number of hydrogen-bond donors (Lipinski definition) is 1. The lowest BCUT2D eigenvalue weighted by molar-refractivity contribution is -0.127. The van der Waals surface area contributed by atoms with Gasteiger partial charge >= 0.3 is 0 Å². The van der Waals surface area contributed by atoms with Crippen molar-refractivity contribution < 1.29 is 14.0 Å². The van der Waals surface area contributed by atoms with Gasteiger partial charge in [-0.15, -0.1) is 0 Å². The minimum Gasteiger partial charge on any atom is -0.412 e. The van der Waals surface area contributed by atoms with Crippen molar-refractivity contribution in [2.45, 2.75) is 98.9 Å². The summed E-state index contributed by atoms with van der Waals surface area (Å²) in [5, 5.41) is 11.4. The molecule has 6 heteroatoms. The fourth-order valence-electron chi connectivity index (χ4n) is 4.79. The summed E-state index contributed by atoms with van der Waals surface area (Å²) in [6, 6.07) is 10.6. The maximum atomic E-state index is 11.4. The Hall–Kier alpha value is -0.946. The molecule has 1 heterocycles. The summed E-state index contributed by atoms with van der Waals surface area (Å²) in [5.74, 6) is 6.83. The third-order valence-corrected chi connectivity index (χ3v) is 9.57. The van der Waals surface area contributed by atoms with E-state index in [0.29, 0.717) is 16.4 Å². The van der Waals surface area contributed by atoms with Gasteiger partial charge in [-0.25, -0.2) is 0 Å². The minimum atomic E-state index is -1.42. The second-order valence-corrected chi connectivity index (χ2v) is 15.4. The standard InChI is InChI=1S/C28H49NO3Si2/c1-21(24(30)16-17-27(8,31-33)26(5,6)7)28(32-34(9)10)18-23(25(2,3)4)20-29(28)19-22-14-12-11-13-15-22/h11-15,21,23-24,30,34H,18-20H2,1-10,33H3/t21?,23-,24?,27?,28-/m0/s1.